The lowest BCUT2D eigenvalue weighted by Crippen LogP contribution is -2.41. The fraction of sp³-hybridized carbons (Fsp3) is 0.562. The number of halogens is 3. The fourth-order valence-electron chi connectivity index (χ4n) is 3.53. The molecule has 0 aromatic heterocycles. The molecule has 2 unspecified atom stereocenters. The van der Waals surface area contributed by atoms with Crippen LogP contribution in [0.1, 0.15) is 48.0 Å². The van der Waals surface area contributed by atoms with Gasteiger partial charge in [0, 0.05) is 32.8 Å². The molecule has 2 bridgehead atoms. The summed E-state index contributed by atoms with van der Waals surface area (Å²) in [5.74, 6) is -0.531. The maximum absolute atomic E-state index is 12.8. The van der Waals surface area contributed by atoms with Gasteiger partial charge in [-0.25, -0.2) is 0 Å². The summed E-state index contributed by atoms with van der Waals surface area (Å²) < 4.78 is 50.4. The van der Waals surface area contributed by atoms with Crippen molar-refractivity contribution in [1.82, 2.24) is 0 Å². The number of ketones is 1. The number of carbonyl (C=O) groups excluding carboxylic acids is 1. The SMILES string of the molecule is O=C(c1cccc(C(F)(F)F)c1)C1CC2CCCC(C1)S2=O. The predicted molar refractivity (Wildman–Crippen MR) is 78.1 cm³/mol. The van der Waals surface area contributed by atoms with E-state index in [1.807, 2.05) is 0 Å². The van der Waals surface area contributed by atoms with Crippen LogP contribution in [0.15, 0.2) is 24.3 Å². The summed E-state index contributed by atoms with van der Waals surface area (Å²) in [6, 6.07) is 4.63. The molecule has 0 N–H and O–H groups in total. The van der Waals surface area contributed by atoms with Crippen LogP contribution in [0.4, 0.5) is 13.2 Å². The molecule has 0 amide bonds. The van der Waals surface area contributed by atoms with Crippen molar-refractivity contribution in [2.24, 2.45) is 5.92 Å². The Labute approximate surface area is 129 Å². The van der Waals surface area contributed by atoms with Crippen LogP contribution in [0.25, 0.3) is 0 Å². The molecular formula is C16H17F3O2S. The Morgan fingerprint density at radius 2 is 1.77 bits per heavy atom. The summed E-state index contributed by atoms with van der Waals surface area (Å²) in [5, 5.41) is 0.0690. The number of Topliss-reactive ketones (excluding diaryl/α,β-unsaturated/α-hetero) is 1. The third-order valence-electron chi connectivity index (χ3n) is 4.65. The van der Waals surface area contributed by atoms with Crippen LogP contribution in [-0.4, -0.2) is 20.5 Å². The number of hydrogen-bond acceptors (Lipinski definition) is 2. The fourth-order valence-corrected chi connectivity index (χ4v) is 5.72. The summed E-state index contributed by atoms with van der Waals surface area (Å²) >= 11 is 0. The monoisotopic (exact) mass is 330 g/mol. The average molecular weight is 330 g/mol. The van der Waals surface area contributed by atoms with Crippen LogP contribution in [0, 0.1) is 5.92 Å². The van der Waals surface area contributed by atoms with Gasteiger partial charge in [-0.3, -0.25) is 9.00 Å². The molecule has 2 nitrogen and oxygen atoms in total. The molecule has 2 aliphatic heterocycles. The van der Waals surface area contributed by atoms with Crippen molar-refractivity contribution >= 4 is 16.6 Å². The van der Waals surface area contributed by atoms with Crippen molar-refractivity contribution in [2.45, 2.75) is 48.8 Å². The zero-order chi connectivity index (χ0) is 15.9. The minimum Gasteiger partial charge on any atom is -0.294 e. The molecular weight excluding hydrogens is 313 g/mol. The number of alkyl halides is 3. The molecule has 22 heavy (non-hydrogen) atoms. The topological polar surface area (TPSA) is 34.1 Å². The summed E-state index contributed by atoms with van der Waals surface area (Å²) in [4.78, 5) is 12.6. The Balaban J connectivity index is 1.81. The second-order valence-electron chi connectivity index (χ2n) is 6.11. The van der Waals surface area contributed by atoms with Gasteiger partial charge < -0.3 is 0 Å². The van der Waals surface area contributed by atoms with E-state index in [1.54, 1.807) is 0 Å². The van der Waals surface area contributed by atoms with E-state index in [4.69, 9.17) is 0 Å². The molecule has 6 heteroatoms. The number of rotatable bonds is 2. The van der Waals surface area contributed by atoms with Crippen molar-refractivity contribution < 1.29 is 22.2 Å². The molecule has 0 saturated carbocycles. The summed E-state index contributed by atoms with van der Waals surface area (Å²) in [5.41, 5.74) is -0.677. The Kier molecular flexibility index (Phi) is 4.14. The third kappa shape index (κ3) is 2.98. The molecule has 2 saturated heterocycles. The van der Waals surface area contributed by atoms with E-state index < -0.39 is 22.5 Å². The highest BCUT2D eigenvalue weighted by Crippen LogP contribution is 2.38. The number of hydrogen-bond donors (Lipinski definition) is 0. The van der Waals surface area contributed by atoms with Crippen molar-refractivity contribution in [3.63, 3.8) is 0 Å². The standard InChI is InChI=1S/C16H17F3O2S/c17-16(18,19)12-4-1-3-10(7-12)15(20)11-8-13-5-2-6-14(9-11)22(13)21/h1,3-4,7,11,13-14H,2,5-6,8-9H2. The summed E-state index contributed by atoms with van der Waals surface area (Å²) in [6.07, 6.45) is -0.617. The van der Waals surface area contributed by atoms with Gasteiger partial charge in [0.2, 0.25) is 0 Å². The van der Waals surface area contributed by atoms with Gasteiger partial charge in [0.05, 0.1) is 5.56 Å². The first kappa shape index (κ1) is 15.7. The van der Waals surface area contributed by atoms with Gasteiger partial charge in [-0.05, 0) is 37.8 Å². The maximum Gasteiger partial charge on any atom is 0.416 e. The Hall–Kier alpha value is -1.17. The van der Waals surface area contributed by atoms with Gasteiger partial charge in [0.1, 0.15) is 0 Å². The average Bonchev–Trinajstić information content (AvgIpc) is 2.45. The van der Waals surface area contributed by atoms with Crippen molar-refractivity contribution in [3.05, 3.63) is 35.4 Å². The molecule has 2 aliphatic rings. The highest BCUT2D eigenvalue weighted by atomic mass is 32.2. The quantitative estimate of drug-likeness (QED) is 0.769. The van der Waals surface area contributed by atoms with Crippen molar-refractivity contribution in [1.29, 1.82) is 0 Å². The number of carbonyl (C=O) groups is 1. The molecule has 2 heterocycles. The zero-order valence-electron chi connectivity index (χ0n) is 11.9. The van der Waals surface area contributed by atoms with Crippen LogP contribution in [0.5, 0.6) is 0 Å². The van der Waals surface area contributed by atoms with E-state index in [1.165, 1.54) is 12.1 Å². The smallest absolute Gasteiger partial charge is 0.294 e. The van der Waals surface area contributed by atoms with Gasteiger partial charge >= 0.3 is 6.18 Å². The summed E-state index contributed by atoms with van der Waals surface area (Å²) in [6.45, 7) is 0. The third-order valence-corrected chi connectivity index (χ3v) is 6.82. The lowest BCUT2D eigenvalue weighted by Gasteiger charge is -2.37. The second-order valence-corrected chi connectivity index (χ2v) is 8.10. The van der Waals surface area contributed by atoms with E-state index in [-0.39, 0.29) is 27.8 Å². The molecule has 0 radical (unpaired) electrons. The molecule has 3 rings (SSSR count). The normalized spacial score (nSPS) is 31.8. The lowest BCUT2D eigenvalue weighted by atomic mass is 9.84. The highest BCUT2D eigenvalue weighted by Gasteiger charge is 2.41. The first-order valence-corrected chi connectivity index (χ1v) is 8.74. The molecule has 2 fully saturated rings. The van der Waals surface area contributed by atoms with E-state index in [9.17, 15) is 22.2 Å². The Morgan fingerprint density at radius 1 is 1.14 bits per heavy atom. The molecule has 0 spiro atoms. The largest absolute Gasteiger partial charge is 0.416 e. The highest BCUT2D eigenvalue weighted by molar-refractivity contribution is 7.86. The first-order chi connectivity index (χ1) is 10.4. The van der Waals surface area contributed by atoms with Crippen LogP contribution >= 0.6 is 0 Å². The van der Waals surface area contributed by atoms with E-state index >= 15 is 0 Å². The van der Waals surface area contributed by atoms with Gasteiger partial charge in [0.25, 0.3) is 0 Å². The van der Waals surface area contributed by atoms with Crippen LogP contribution in [0.3, 0.4) is 0 Å². The second kappa shape index (κ2) is 5.80. The predicted octanol–water partition coefficient (Wildman–Crippen LogP) is 3.97. The van der Waals surface area contributed by atoms with Crippen LogP contribution in [0.2, 0.25) is 0 Å². The molecule has 0 aliphatic carbocycles. The minimum atomic E-state index is -4.44. The van der Waals surface area contributed by atoms with Gasteiger partial charge in [-0.2, -0.15) is 13.2 Å². The molecule has 120 valence electrons. The van der Waals surface area contributed by atoms with E-state index in [2.05, 4.69) is 0 Å². The van der Waals surface area contributed by atoms with Gasteiger partial charge in [0.15, 0.2) is 5.78 Å². The minimum absolute atomic E-state index is 0.0345. The van der Waals surface area contributed by atoms with E-state index in [0.29, 0.717) is 12.8 Å². The Morgan fingerprint density at radius 3 is 2.36 bits per heavy atom. The van der Waals surface area contributed by atoms with E-state index in [0.717, 1.165) is 31.4 Å². The Bertz CT molecular complexity index is 596. The molecule has 1 aromatic carbocycles. The lowest BCUT2D eigenvalue weighted by molar-refractivity contribution is -0.137. The maximum atomic E-state index is 12.8. The van der Waals surface area contributed by atoms with Crippen molar-refractivity contribution in [2.75, 3.05) is 0 Å². The molecule has 1 aromatic rings. The molecule has 2 atom stereocenters. The number of benzene rings is 1. The van der Waals surface area contributed by atoms with Gasteiger partial charge in [-0.15, -0.1) is 0 Å². The first-order valence-electron chi connectivity index (χ1n) is 7.47. The number of fused-ring (bicyclic) bond motifs is 2. The zero-order valence-corrected chi connectivity index (χ0v) is 12.8. The van der Waals surface area contributed by atoms with Gasteiger partial charge in [-0.1, -0.05) is 18.6 Å². The summed E-state index contributed by atoms with van der Waals surface area (Å²) in [7, 11) is -0.880. The van der Waals surface area contributed by atoms with Crippen LogP contribution < -0.4 is 0 Å². The van der Waals surface area contributed by atoms with Crippen molar-refractivity contribution in [3.8, 4) is 0 Å². The van der Waals surface area contributed by atoms with Crippen LogP contribution in [-0.2, 0) is 17.0 Å².